The number of hydrogen-bond donors (Lipinski definition) is 1. The van der Waals surface area contributed by atoms with Gasteiger partial charge in [0.15, 0.2) is 12.3 Å². The van der Waals surface area contributed by atoms with E-state index in [4.69, 9.17) is 9.47 Å². The molecule has 2 rings (SSSR count). The Morgan fingerprint density at radius 1 is 1.18 bits per heavy atom. The van der Waals surface area contributed by atoms with Crippen molar-refractivity contribution in [3.05, 3.63) is 47.5 Å². The predicted molar refractivity (Wildman–Crippen MR) is 92.9 cm³/mol. The van der Waals surface area contributed by atoms with Crippen molar-refractivity contribution in [1.29, 1.82) is 0 Å². The third-order valence-electron chi connectivity index (χ3n) is 3.37. The van der Waals surface area contributed by atoms with E-state index in [0.29, 0.717) is 12.1 Å². The lowest BCUT2D eigenvalue weighted by Gasteiger charge is -2.15. The fourth-order valence-corrected chi connectivity index (χ4v) is 2.03. The molecule has 1 aromatic carbocycles. The number of halogens is 3. The Bertz CT molecular complexity index is 839. The number of aromatic nitrogens is 2. The molecule has 0 atom stereocenters. The van der Waals surface area contributed by atoms with Crippen molar-refractivity contribution in [3.63, 3.8) is 0 Å². The summed E-state index contributed by atoms with van der Waals surface area (Å²) in [6, 6.07) is 2.74. The van der Waals surface area contributed by atoms with Gasteiger partial charge in [-0.25, -0.2) is 9.78 Å². The Morgan fingerprint density at radius 2 is 1.93 bits per heavy atom. The van der Waals surface area contributed by atoms with Crippen LogP contribution in [0, 0.1) is 6.92 Å². The van der Waals surface area contributed by atoms with Crippen molar-refractivity contribution in [2.24, 2.45) is 0 Å². The van der Waals surface area contributed by atoms with Crippen LogP contribution in [-0.4, -0.2) is 35.1 Å². The lowest BCUT2D eigenvalue weighted by Crippen LogP contribution is -2.22. The van der Waals surface area contributed by atoms with E-state index in [1.54, 1.807) is 6.92 Å². The van der Waals surface area contributed by atoms with Gasteiger partial charge in [0.05, 0.1) is 29.7 Å². The molecule has 1 heterocycles. The van der Waals surface area contributed by atoms with Crippen molar-refractivity contribution < 1.29 is 32.2 Å². The van der Waals surface area contributed by atoms with Crippen molar-refractivity contribution in [2.45, 2.75) is 26.4 Å². The standard InChI is InChI=1S/C18H18F3N3O4/c1-3-6-27-15-5-4-12(18(19,20)21)7-13(15)24-16(25)10-28-17(26)14-9-22-11(2)8-23-14/h4-5,7-9H,3,6,10H2,1-2H3,(H,24,25). The number of ether oxygens (including phenoxy) is 2. The zero-order valence-electron chi connectivity index (χ0n) is 15.2. The summed E-state index contributed by atoms with van der Waals surface area (Å²) in [7, 11) is 0. The number of anilines is 1. The Hall–Kier alpha value is -3.17. The van der Waals surface area contributed by atoms with E-state index in [0.717, 1.165) is 18.2 Å². The minimum atomic E-state index is -4.58. The van der Waals surface area contributed by atoms with Crippen LogP contribution in [0.15, 0.2) is 30.6 Å². The maximum atomic E-state index is 12.9. The van der Waals surface area contributed by atoms with Gasteiger partial charge in [-0.05, 0) is 31.5 Å². The van der Waals surface area contributed by atoms with E-state index in [-0.39, 0.29) is 23.7 Å². The average molecular weight is 397 g/mol. The Balaban J connectivity index is 2.06. The first kappa shape index (κ1) is 21.1. The molecular formula is C18H18F3N3O4. The number of alkyl halides is 3. The highest BCUT2D eigenvalue weighted by molar-refractivity contribution is 5.95. The topological polar surface area (TPSA) is 90.4 Å². The lowest BCUT2D eigenvalue weighted by atomic mass is 10.1. The molecule has 1 N–H and O–H groups in total. The summed E-state index contributed by atoms with van der Waals surface area (Å²) < 4.78 is 48.9. The molecule has 0 radical (unpaired) electrons. The molecule has 7 nitrogen and oxygen atoms in total. The van der Waals surface area contributed by atoms with E-state index in [2.05, 4.69) is 15.3 Å². The van der Waals surface area contributed by atoms with Crippen LogP contribution in [0.1, 0.15) is 35.1 Å². The first-order valence-corrected chi connectivity index (χ1v) is 8.30. The van der Waals surface area contributed by atoms with Crippen LogP contribution in [0.5, 0.6) is 5.75 Å². The number of carbonyl (C=O) groups excluding carboxylic acids is 2. The molecule has 10 heteroatoms. The van der Waals surface area contributed by atoms with Gasteiger partial charge in [0, 0.05) is 6.20 Å². The maximum absolute atomic E-state index is 12.9. The second kappa shape index (κ2) is 9.16. The number of carbonyl (C=O) groups is 2. The van der Waals surface area contributed by atoms with Gasteiger partial charge < -0.3 is 14.8 Å². The van der Waals surface area contributed by atoms with E-state index < -0.39 is 30.2 Å². The number of esters is 1. The summed E-state index contributed by atoms with van der Waals surface area (Å²) in [5, 5.41) is 2.27. The Labute approximate surface area is 158 Å². The molecule has 0 aliphatic carbocycles. The molecule has 1 amide bonds. The minimum absolute atomic E-state index is 0.0823. The van der Waals surface area contributed by atoms with Crippen LogP contribution >= 0.6 is 0 Å². The monoisotopic (exact) mass is 397 g/mol. The van der Waals surface area contributed by atoms with Crippen molar-refractivity contribution >= 4 is 17.6 Å². The second-order valence-corrected chi connectivity index (χ2v) is 5.72. The maximum Gasteiger partial charge on any atom is 0.416 e. The Kier molecular flexibility index (Phi) is 6.91. The van der Waals surface area contributed by atoms with Gasteiger partial charge in [0.1, 0.15) is 5.75 Å². The summed E-state index contributed by atoms with van der Waals surface area (Å²) in [6.45, 7) is 3.06. The molecule has 0 fully saturated rings. The highest BCUT2D eigenvalue weighted by Crippen LogP contribution is 2.35. The van der Waals surface area contributed by atoms with Gasteiger partial charge >= 0.3 is 12.1 Å². The molecule has 0 unspecified atom stereocenters. The lowest BCUT2D eigenvalue weighted by molar-refractivity contribution is -0.137. The van der Waals surface area contributed by atoms with Crippen LogP contribution in [-0.2, 0) is 15.7 Å². The number of aryl methyl sites for hydroxylation is 1. The summed E-state index contributed by atoms with van der Waals surface area (Å²) >= 11 is 0. The number of nitrogens with one attached hydrogen (secondary N) is 1. The van der Waals surface area contributed by atoms with E-state index in [9.17, 15) is 22.8 Å². The largest absolute Gasteiger partial charge is 0.491 e. The quantitative estimate of drug-likeness (QED) is 0.721. The van der Waals surface area contributed by atoms with Crippen molar-refractivity contribution in [2.75, 3.05) is 18.5 Å². The van der Waals surface area contributed by atoms with Gasteiger partial charge in [-0.15, -0.1) is 0 Å². The molecule has 28 heavy (non-hydrogen) atoms. The third-order valence-corrected chi connectivity index (χ3v) is 3.37. The fraction of sp³-hybridized carbons (Fsp3) is 0.333. The molecule has 0 saturated carbocycles. The van der Waals surface area contributed by atoms with Crippen LogP contribution in [0.2, 0.25) is 0 Å². The average Bonchev–Trinajstić information content (AvgIpc) is 2.65. The third kappa shape index (κ3) is 5.93. The summed E-state index contributed by atoms with van der Waals surface area (Å²) in [5.74, 6) is -1.62. The SMILES string of the molecule is CCCOc1ccc(C(F)(F)F)cc1NC(=O)COC(=O)c1cnc(C)cn1. The molecule has 0 bridgehead atoms. The summed E-state index contributed by atoms with van der Waals surface area (Å²) in [5.41, 5.74) is -0.610. The normalized spacial score (nSPS) is 11.0. The highest BCUT2D eigenvalue weighted by Gasteiger charge is 2.31. The number of benzene rings is 1. The molecule has 0 saturated heterocycles. The second-order valence-electron chi connectivity index (χ2n) is 5.72. The van der Waals surface area contributed by atoms with Crippen LogP contribution in [0.25, 0.3) is 0 Å². The van der Waals surface area contributed by atoms with Gasteiger partial charge in [-0.3, -0.25) is 9.78 Å². The van der Waals surface area contributed by atoms with E-state index >= 15 is 0 Å². The highest BCUT2D eigenvalue weighted by atomic mass is 19.4. The van der Waals surface area contributed by atoms with Gasteiger partial charge in [-0.2, -0.15) is 13.2 Å². The van der Waals surface area contributed by atoms with Gasteiger partial charge in [-0.1, -0.05) is 6.92 Å². The molecule has 0 aliphatic rings. The van der Waals surface area contributed by atoms with E-state index in [1.165, 1.54) is 12.4 Å². The van der Waals surface area contributed by atoms with Crippen molar-refractivity contribution in [3.8, 4) is 5.75 Å². The van der Waals surface area contributed by atoms with Crippen LogP contribution in [0.3, 0.4) is 0 Å². The molecule has 150 valence electrons. The van der Waals surface area contributed by atoms with Crippen LogP contribution in [0.4, 0.5) is 18.9 Å². The fourth-order valence-electron chi connectivity index (χ4n) is 2.03. The molecule has 2 aromatic rings. The minimum Gasteiger partial charge on any atom is -0.491 e. The zero-order chi connectivity index (χ0) is 20.7. The number of rotatable bonds is 7. The number of nitrogens with zero attached hydrogens (tertiary/aromatic N) is 2. The molecule has 0 aliphatic heterocycles. The predicted octanol–water partition coefficient (Wildman–Crippen LogP) is 3.39. The summed E-state index contributed by atoms with van der Waals surface area (Å²) in [4.78, 5) is 31.6. The van der Waals surface area contributed by atoms with Gasteiger partial charge in [0.2, 0.25) is 0 Å². The van der Waals surface area contributed by atoms with Crippen molar-refractivity contribution in [1.82, 2.24) is 9.97 Å². The zero-order valence-corrected chi connectivity index (χ0v) is 15.2. The van der Waals surface area contributed by atoms with E-state index in [1.807, 2.05) is 6.92 Å². The molecule has 1 aromatic heterocycles. The van der Waals surface area contributed by atoms with Crippen LogP contribution < -0.4 is 10.1 Å². The first-order chi connectivity index (χ1) is 13.2. The first-order valence-electron chi connectivity index (χ1n) is 8.30. The smallest absolute Gasteiger partial charge is 0.416 e. The summed E-state index contributed by atoms with van der Waals surface area (Å²) in [6.07, 6.45) is -1.40. The number of amides is 1. The molecule has 0 spiro atoms. The van der Waals surface area contributed by atoms with Gasteiger partial charge in [0.25, 0.3) is 5.91 Å². The molecular weight excluding hydrogens is 379 g/mol. The number of hydrogen-bond acceptors (Lipinski definition) is 6. The Morgan fingerprint density at radius 3 is 2.54 bits per heavy atom.